The fourth-order valence-corrected chi connectivity index (χ4v) is 6.23. The Morgan fingerprint density at radius 1 is 0.930 bits per heavy atom. The van der Waals surface area contributed by atoms with Crippen LogP contribution >= 0.6 is 0 Å². The molecule has 2 heterocycles. The molecule has 7 heteroatoms. The van der Waals surface area contributed by atoms with E-state index >= 15 is 0 Å². The van der Waals surface area contributed by atoms with Gasteiger partial charge in [-0.1, -0.05) is 42.5 Å². The first-order valence-electron chi connectivity index (χ1n) is 15.9. The highest BCUT2D eigenvalue weighted by atomic mass is 16.5. The molecule has 7 nitrogen and oxygen atoms in total. The molecule has 3 aromatic carbocycles. The van der Waals surface area contributed by atoms with Gasteiger partial charge in [-0.05, 0) is 85.2 Å². The number of aryl methyl sites for hydroxylation is 1. The van der Waals surface area contributed by atoms with Gasteiger partial charge in [-0.3, -0.25) is 0 Å². The van der Waals surface area contributed by atoms with Crippen molar-refractivity contribution in [3.63, 3.8) is 0 Å². The normalized spacial score (nSPS) is 18.3. The van der Waals surface area contributed by atoms with Crippen molar-refractivity contribution in [1.29, 1.82) is 0 Å². The average Bonchev–Trinajstić information content (AvgIpc) is 3.06. The van der Waals surface area contributed by atoms with Crippen LogP contribution in [0.15, 0.2) is 66.7 Å². The maximum absolute atomic E-state index is 6.58. The quantitative estimate of drug-likeness (QED) is 0.213. The van der Waals surface area contributed by atoms with Gasteiger partial charge in [0.05, 0.1) is 33.0 Å². The van der Waals surface area contributed by atoms with Crippen LogP contribution in [0.1, 0.15) is 47.4 Å². The molecular weight excluding hydrogens is 540 g/mol. The van der Waals surface area contributed by atoms with Crippen LogP contribution in [-0.2, 0) is 33.7 Å². The molecule has 0 aliphatic carbocycles. The van der Waals surface area contributed by atoms with E-state index in [2.05, 4.69) is 58.7 Å². The van der Waals surface area contributed by atoms with Gasteiger partial charge in [-0.25, -0.2) is 0 Å². The smallest absolute Gasteiger partial charge is 0.122 e. The topological polar surface area (TPSA) is 61.4 Å². The molecule has 0 aromatic heterocycles. The molecule has 0 saturated carbocycles. The van der Waals surface area contributed by atoms with E-state index in [-0.39, 0.29) is 6.10 Å². The van der Waals surface area contributed by atoms with E-state index in [1.165, 1.54) is 28.8 Å². The Morgan fingerprint density at radius 3 is 2.67 bits per heavy atom. The predicted octanol–water partition coefficient (Wildman–Crippen LogP) is 5.78. The molecule has 0 radical (unpaired) electrons. The molecule has 232 valence electrons. The largest absolute Gasteiger partial charge is 0.496 e. The molecule has 1 fully saturated rings. The van der Waals surface area contributed by atoms with E-state index in [9.17, 15) is 0 Å². The van der Waals surface area contributed by atoms with Crippen molar-refractivity contribution in [1.82, 2.24) is 5.32 Å². The summed E-state index contributed by atoms with van der Waals surface area (Å²) in [4.78, 5) is 2.52. The second-order valence-electron chi connectivity index (χ2n) is 11.4. The van der Waals surface area contributed by atoms with E-state index in [4.69, 9.17) is 23.7 Å². The summed E-state index contributed by atoms with van der Waals surface area (Å²) in [6, 6.07) is 23.5. The average molecular weight is 589 g/mol. The number of para-hydroxylation sites is 1. The van der Waals surface area contributed by atoms with Crippen molar-refractivity contribution in [2.45, 2.75) is 50.7 Å². The van der Waals surface area contributed by atoms with Gasteiger partial charge in [-0.15, -0.1) is 0 Å². The van der Waals surface area contributed by atoms with Crippen LogP contribution in [0, 0.1) is 0 Å². The van der Waals surface area contributed by atoms with Crippen molar-refractivity contribution in [2.75, 3.05) is 71.7 Å². The molecule has 2 aliphatic rings. The van der Waals surface area contributed by atoms with E-state index in [1.807, 2.05) is 18.2 Å². The molecule has 1 N–H and O–H groups in total. The first kappa shape index (κ1) is 31.3. The zero-order valence-electron chi connectivity index (χ0n) is 25.9. The van der Waals surface area contributed by atoms with Crippen molar-refractivity contribution < 1.29 is 23.7 Å². The highest BCUT2D eigenvalue weighted by Crippen LogP contribution is 2.32. The fraction of sp³-hybridized carbons (Fsp3) is 0.500. The van der Waals surface area contributed by atoms with Crippen molar-refractivity contribution >= 4 is 5.69 Å². The molecule has 1 saturated heterocycles. The molecule has 0 bridgehead atoms. The van der Waals surface area contributed by atoms with Crippen LogP contribution in [0.25, 0.3) is 0 Å². The van der Waals surface area contributed by atoms with Gasteiger partial charge in [0.1, 0.15) is 18.1 Å². The second kappa shape index (κ2) is 16.7. The lowest BCUT2D eigenvalue weighted by molar-refractivity contribution is 0.0106. The minimum absolute atomic E-state index is 0.131. The van der Waals surface area contributed by atoms with Crippen LogP contribution < -0.4 is 19.7 Å². The maximum Gasteiger partial charge on any atom is 0.122 e. The Bertz CT molecular complexity index is 1250. The van der Waals surface area contributed by atoms with Gasteiger partial charge in [0, 0.05) is 45.0 Å². The Hall–Kier alpha value is -3.10. The predicted molar refractivity (Wildman–Crippen MR) is 172 cm³/mol. The molecular formula is C36H48N2O5. The summed E-state index contributed by atoms with van der Waals surface area (Å²) in [6.07, 6.45) is 5.43. The van der Waals surface area contributed by atoms with E-state index in [1.54, 1.807) is 14.2 Å². The second-order valence-corrected chi connectivity index (χ2v) is 11.4. The first-order chi connectivity index (χ1) is 21.2. The minimum Gasteiger partial charge on any atom is -0.496 e. The van der Waals surface area contributed by atoms with Crippen molar-refractivity contribution in [2.24, 2.45) is 0 Å². The summed E-state index contributed by atoms with van der Waals surface area (Å²) in [7, 11) is 3.48. The van der Waals surface area contributed by atoms with Crippen molar-refractivity contribution in [3.8, 4) is 11.5 Å². The number of hydrogen-bond acceptors (Lipinski definition) is 7. The highest BCUT2D eigenvalue weighted by Gasteiger charge is 2.27. The van der Waals surface area contributed by atoms with Crippen LogP contribution in [0.2, 0.25) is 0 Å². The number of ether oxygens (including phenoxy) is 5. The Morgan fingerprint density at radius 2 is 1.81 bits per heavy atom. The molecule has 0 amide bonds. The number of methoxy groups -OCH3 is 2. The number of benzene rings is 3. The number of nitrogens with one attached hydrogen (secondary N) is 1. The summed E-state index contributed by atoms with van der Waals surface area (Å²) in [5, 5.41) is 3.54. The molecule has 0 spiro atoms. The lowest BCUT2D eigenvalue weighted by Gasteiger charge is -2.33. The van der Waals surface area contributed by atoms with Crippen molar-refractivity contribution in [3.05, 3.63) is 89.0 Å². The van der Waals surface area contributed by atoms with Crippen LogP contribution in [0.5, 0.6) is 11.5 Å². The van der Waals surface area contributed by atoms with E-state index in [0.29, 0.717) is 32.3 Å². The summed E-state index contributed by atoms with van der Waals surface area (Å²) >= 11 is 0. The zero-order chi connectivity index (χ0) is 29.7. The Kier molecular flexibility index (Phi) is 12.1. The first-order valence-corrected chi connectivity index (χ1v) is 15.9. The van der Waals surface area contributed by atoms with Crippen LogP contribution in [0.4, 0.5) is 5.69 Å². The molecule has 43 heavy (non-hydrogen) atoms. The number of rotatable bonds is 16. The van der Waals surface area contributed by atoms with Gasteiger partial charge in [-0.2, -0.15) is 0 Å². The molecule has 0 unspecified atom stereocenters. The molecule has 3 aromatic rings. The van der Waals surface area contributed by atoms with E-state index in [0.717, 1.165) is 75.5 Å². The number of fused-ring (bicyclic) bond motifs is 1. The summed E-state index contributed by atoms with van der Waals surface area (Å²) in [5.41, 5.74) is 6.53. The highest BCUT2D eigenvalue weighted by molar-refractivity contribution is 5.57. The minimum atomic E-state index is 0.131. The van der Waals surface area contributed by atoms with Gasteiger partial charge in [0.2, 0.25) is 0 Å². The number of anilines is 1. The Labute approximate surface area is 257 Å². The standard InChI is InChI=1S/C36H48N2O5/c1-39-21-6-20-38-19-5-8-30-11-10-28(25-34(30)38)27-43-36-26-37-18-16-33(36)29-12-14-32(15-13-29)42-24-23-41-22-17-31-7-3-4-9-35(31)40-2/h3-4,7,9-15,25,33,36-37H,5-6,8,16-24,26-27H2,1-2H3/t33-,36+/m1/s1. The van der Waals surface area contributed by atoms with Gasteiger partial charge >= 0.3 is 0 Å². The van der Waals surface area contributed by atoms with Crippen LogP contribution in [0.3, 0.4) is 0 Å². The fourth-order valence-electron chi connectivity index (χ4n) is 6.23. The zero-order valence-corrected chi connectivity index (χ0v) is 25.9. The summed E-state index contributed by atoms with van der Waals surface area (Å²) in [6.45, 7) is 7.16. The third-order valence-electron chi connectivity index (χ3n) is 8.54. The number of nitrogens with zero attached hydrogens (tertiary/aromatic N) is 1. The lowest BCUT2D eigenvalue weighted by atomic mass is 9.87. The third-order valence-corrected chi connectivity index (χ3v) is 8.54. The van der Waals surface area contributed by atoms with Gasteiger partial charge in [0.25, 0.3) is 0 Å². The molecule has 2 atom stereocenters. The molecule has 5 rings (SSSR count). The molecule has 2 aliphatic heterocycles. The van der Waals surface area contributed by atoms with Gasteiger partial charge in [0.15, 0.2) is 0 Å². The monoisotopic (exact) mass is 588 g/mol. The lowest BCUT2D eigenvalue weighted by Crippen LogP contribution is -2.41. The van der Waals surface area contributed by atoms with Crippen LogP contribution in [-0.4, -0.2) is 72.9 Å². The van der Waals surface area contributed by atoms with E-state index < -0.39 is 0 Å². The Balaban J connectivity index is 1.08. The summed E-state index contributed by atoms with van der Waals surface area (Å²) < 4.78 is 29.0. The maximum atomic E-state index is 6.58. The van der Waals surface area contributed by atoms with Gasteiger partial charge < -0.3 is 33.9 Å². The summed E-state index contributed by atoms with van der Waals surface area (Å²) in [5.74, 6) is 2.13. The third kappa shape index (κ3) is 8.96. The SMILES string of the molecule is COCCCN1CCCc2ccc(CO[C@H]3CNCC[C@@H]3c3ccc(OCCOCCc4ccccc4OC)cc3)cc21. The number of piperidine rings is 1. The number of hydrogen-bond donors (Lipinski definition) is 1.